The van der Waals surface area contributed by atoms with E-state index in [4.69, 9.17) is 15.9 Å². The number of amides is 2. The zero-order valence-corrected chi connectivity index (χ0v) is 17.6. The van der Waals surface area contributed by atoms with Gasteiger partial charge in [-0.25, -0.2) is 0 Å². The van der Waals surface area contributed by atoms with Crippen molar-refractivity contribution in [3.8, 4) is 23.8 Å². The Balaban J connectivity index is 1.51. The predicted octanol–water partition coefficient (Wildman–Crippen LogP) is 5.10. The summed E-state index contributed by atoms with van der Waals surface area (Å²) >= 11 is 0.874. The molecular weight excluding hydrogens is 410 g/mol. The molecule has 1 aliphatic rings. The molecule has 1 saturated heterocycles. The SMILES string of the molecule is C#CCN1C(=O)S/C(=C\c2ccc(OCc3ccc4ccccc4c3)c(OC)c2)C1=O. The van der Waals surface area contributed by atoms with Crippen LogP contribution in [-0.2, 0) is 11.4 Å². The van der Waals surface area contributed by atoms with Crippen molar-refractivity contribution < 1.29 is 19.1 Å². The topological polar surface area (TPSA) is 55.8 Å². The second-order valence-electron chi connectivity index (χ2n) is 6.85. The Morgan fingerprint density at radius 1 is 1.03 bits per heavy atom. The van der Waals surface area contributed by atoms with Crippen molar-refractivity contribution in [3.63, 3.8) is 0 Å². The molecule has 2 amide bonds. The highest BCUT2D eigenvalue weighted by Crippen LogP contribution is 2.34. The predicted molar refractivity (Wildman–Crippen MR) is 123 cm³/mol. The second-order valence-corrected chi connectivity index (χ2v) is 7.85. The van der Waals surface area contributed by atoms with Crippen molar-refractivity contribution in [2.24, 2.45) is 0 Å². The summed E-state index contributed by atoms with van der Waals surface area (Å²) in [4.78, 5) is 25.7. The number of thioether (sulfide) groups is 1. The summed E-state index contributed by atoms with van der Waals surface area (Å²) in [7, 11) is 1.56. The molecule has 0 unspecified atom stereocenters. The number of imide groups is 1. The van der Waals surface area contributed by atoms with Crippen LogP contribution in [0.5, 0.6) is 11.5 Å². The molecule has 1 heterocycles. The van der Waals surface area contributed by atoms with Crippen LogP contribution >= 0.6 is 11.8 Å². The molecule has 4 rings (SSSR count). The number of carbonyl (C=O) groups is 2. The van der Waals surface area contributed by atoms with E-state index in [0.717, 1.165) is 33.2 Å². The van der Waals surface area contributed by atoms with E-state index in [0.29, 0.717) is 23.0 Å². The van der Waals surface area contributed by atoms with Gasteiger partial charge in [0.2, 0.25) is 0 Å². The third-order valence-corrected chi connectivity index (χ3v) is 5.72. The lowest BCUT2D eigenvalue weighted by atomic mass is 10.1. The molecule has 31 heavy (non-hydrogen) atoms. The molecular formula is C25H19NO4S. The first-order chi connectivity index (χ1) is 15.1. The highest BCUT2D eigenvalue weighted by molar-refractivity contribution is 8.18. The molecule has 6 heteroatoms. The highest BCUT2D eigenvalue weighted by Gasteiger charge is 2.34. The Kier molecular flexibility index (Phi) is 5.96. The van der Waals surface area contributed by atoms with Crippen molar-refractivity contribution in [1.29, 1.82) is 0 Å². The number of fused-ring (bicyclic) bond motifs is 1. The summed E-state index contributed by atoms with van der Waals surface area (Å²) in [5.74, 6) is 3.07. The van der Waals surface area contributed by atoms with Crippen LogP contribution < -0.4 is 9.47 Å². The van der Waals surface area contributed by atoms with Crippen molar-refractivity contribution >= 4 is 39.8 Å². The van der Waals surface area contributed by atoms with Crippen molar-refractivity contribution in [3.05, 3.63) is 76.7 Å². The molecule has 3 aromatic rings. The average Bonchev–Trinajstić information content (AvgIpc) is 3.05. The fourth-order valence-corrected chi connectivity index (χ4v) is 4.10. The van der Waals surface area contributed by atoms with Crippen LogP contribution in [0.4, 0.5) is 4.79 Å². The van der Waals surface area contributed by atoms with Gasteiger partial charge in [0, 0.05) is 0 Å². The van der Waals surface area contributed by atoms with E-state index in [1.807, 2.05) is 24.3 Å². The number of nitrogens with zero attached hydrogens (tertiary/aromatic N) is 1. The number of ether oxygens (including phenoxy) is 2. The number of carbonyl (C=O) groups excluding carboxylic acids is 2. The van der Waals surface area contributed by atoms with Crippen LogP contribution in [0, 0.1) is 12.3 Å². The lowest BCUT2D eigenvalue weighted by Gasteiger charge is -2.12. The van der Waals surface area contributed by atoms with Crippen molar-refractivity contribution in [2.75, 3.05) is 13.7 Å². The van der Waals surface area contributed by atoms with E-state index in [1.165, 1.54) is 5.39 Å². The number of rotatable bonds is 6. The van der Waals surface area contributed by atoms with Crippen LogP contribution in [-0.4, -0.2) is 29.7 Å². The third-order valence-electron chi connectivity index (χ3n) is 4.82. The van der Waals surface area contributed by atoms with E-state index in [1.54, 1.807) is 25.3 Å². The Morgan fingerprint density at radius 2 is 1.84 bits per heavy atom. The zero-order valence-electron chi connectivity index (χ0n) is 16.8. The first-order valence-corrected chi connectivity index (χ1v) is 10.4. The first kappa shape index (κ1) is 20.6. The maximum absolute atomic E-state index is 12.3. The summed E-state index contributed by atoms with van der Waals surface area (Å²) in [5.41, 5.74) is 1.77. The monoisotopic (exact) mass is 429 g/mol. The molecule has 5 nitrogen and oxygen atoms in total. The van der Waals surface area contributed by atoms with E-state index in [2.05, 4.69) is 30.2 Å². The Morgan fingerprint density at radius 3 is 2.61 bits per heavy atom. The Labute approximate surface area is 184 Å². The maximum atomic E-state index is 12.3. The summed E-state index contributed by atoms with van der Waals surface area (Å²) in [6, 6.07) is 19.7. The normalized spacial score (nSPS) is 14.8. The third kappa shape index (κ3) is 4.42. The van der Waals surface area contributed by atoms with Gasteiger partial charge in [0.05, 0.1) is 18.6 Å². The van der Waals surface area contributed by atoms with Gasteiger partial charge >= 0.3 is 0 Å². The van der Waals surface area contributed by atoms with Gasteiger partial charge in [0.15, 0.2) is 11.5 Å². The van der Waals surface area contributed by atoms with E-state index < -0.39 is 0 Å². The van der Waals surface area contributed by atoms with Gasteiger partial charge in [-0.1, -0.05) is 48.4 Å². The molecule has 0 radical (unpaired) electrons. The lowest BCUT2D eigenvalue weighted by molar-refractivity contribution is -0.122. The van der Waals surface area contributed by atoms with Crippen molar-refractivity contribution in [2.45, 2.75) is 6.61 Å². The van der Waals surface area contributed by atoms with Crippen LogP contribution in [0.2, 0.25) is 0 Å². The van der Waals surface area contributed by atoms with E-state index >= 15 is 0 Å². The number of hydrogen-bond acceptors (Lipinski definition) is 5. The van der Waals surface area contributed by atoms with E-state index in [9.17, 15) is 9.59 Å². The standard InChI is InChI=1S/C25H19NO4S/c1-3-12-26-24(27)23(31-25(26)28)15-17-9-11-21(22(14-17)29-2)30-16-18-8-10-19-6-4-5-7-20(19)13-18/h1,4-11,13-15H,12,16H2,2H3/b23-15-. The van der Waals surface area contributed by atoms with Gasteiger partial charge < -0.3 is 9.47 Å². The van der Waals surface area contributed by atoms with Gasteiger partial charge in [0.1, 0.15) is 6.61 Å². The fourth-order valence-electron chi connectivity index (χ4n) is 3.26. The van der Waals surface area contributed by atoms with Gasteiger partial charge in [0.25, 0.3) is 11.1 Å². The Bertz CT molecular complexity index is 1240. The number of benzene rings is 3. The fraction of sp³-hybridized carbons (Fsp3) is 0.120. The van der Waals surface area contributed by atoms with Crippen LogP contribution in [0.3, 0.4) is 0 Å². The zero-order chi connectivity index (χ0) is 21.8. The lowest BCUT2D eigenvalue weighted by Crippen LogP contribution is -2.28. The van der Waals surface area contributed by atoms with Crippen LogP contribution in [0.15, 0.2) is 65.6 Å². The highest BCUT2D eigenvalue weighted by atomic mass is 32.2. The minimum absolute atomic E-state index is 0.0348. The first-order valence-electron chi connectivity index (χ1n) is 9.56. The molecule has 0 spiro atoms. The van der Waals surface area contributed by atoms with Gasteiger partial charge in [-0.05, 0) is 57.9 Å². The van der Waals surface area contributed by atoms with Gasteiger partial charge in [-0.2, -0.15) is 0 Å². The van der Waals surface area contributed by atoms with Crippen LogP contribution in [0.25, 0.3) is 16.8 Å². The largest absolute Gasteiger partial charge is 0.493 e. The molecule has 1 fully saturated rings. The number of methoxy groups -OCH3 is 1. The summed E-state index contributed by atoms with van der Waals surface area (Å²) in [6.07, 6.45) is 6.88. The molecule has 0 aliphatic carbocycles. The van der Waals surface area contributed by atoms with Crippen LogP contribution in [0.1, 0.15) is 11.1 Å². The van der Waals surface area contributed by atoms with Gasteiger partial charge in [-0.3, -0.25) is 14.5 Å². The van der Waals surface area contributed by atoms with Gasteiger partial charge in [-0.15, -0.1) is 6.42 Å². The molecule has 0 N–H and O–H groups in total. The quantitative estimate of drug-likeness (QED) is 0.403. The number of terminal acetylenes is 1. The molecule has 154 valence electrons. The molecule has 0 bridgehead atoms. The Hall–Kier alpha value is -3.69. The minimum atomic E-state index is -0.386. The van der Waals surface area contributed by atoms with Crippen molar-refractivity contribution in [1.82, 2.24) is 4.90 Å². The average molecular weight is 429 g/mol. The second kappa shape index (κ2) is 8.99. The molecule has 1 aliphatic heterocycles. The molecule has 0 saturated carbocycles. The number of hydrogen-bond donors (Lipinski definition) is 0. The maximum Gasteiger partial charge on any atom is 0.294 e. The molecule has 0 aromatic heterocycles. The smallest absolute Gasteiger partial charge is 0.294 e. The minimum Gasteiger partial charge on any atom is -0.493 e. The molecule has 3 aromatic carbocycles. The summed E-state index contributed by atoms with van der Waals surface area (Å²) < 4.78 is 11.4. The molecule has 0 atom stereocenters. The summed E-state index contributed by atoms with van der Waals surface area (Å²) in [6.45, 7) is 0.360. The summed E-state index contributed by atoms with van der Waals surface area (Å²) in [5, 5.41) is 1.97. The van der Waals surface area contributed by atoms with E-state index in [-0.39, 0.29) is 17.7 Å².